The van der Waals surface area contributed by atoms with Crippen LogP contribution in [0.1, 0.15) is 53.5 Å². The van der Waals surface area contributed by atoms with Crippen molar-refractivity contribution in [1.82, 2.24) is 0 Å². The lowest BCUT2D eigenvalue weighted by molar-refractivity contribution is 0.198. The molecular weight excluding hydrogens is 378 g/mol. The molecule has 0 atom stereocenters. The largest absolute Gasteiger partial charge is 0.493 e. The molecule has 0 fully saturated rings. The molecule has 0 aliphatic heterocycles. The zero-order valence-electron chi connectivity index (χ0n) is 20.0. The Hall–Kier alpha value is -2.74. The number of benzene rings is 3. The van der Waals surface area contributed by atoms with Crippen molar-refractivity contribution in [2.75, 3.05) is 11.5 Å². The van der Waals surface area contributed by atoms with Crippen LogP contribution >= 0.6 is 0 Å². The summed E-state index contributed by atoms with van der Waals surface area (Å²) in [6.45, 7) is 14.1. The fourth-order valence-corrected chi connectivity index (χ4v) is 3.35. The molecule has 0 aromatic heterocycles. The van der Waals surface area contributed by atoms with Gasteiger partial charge in [-0.2, -0.15) is 0 Å². The number of aryl methyl sites for hydroxylation is 1. The lowest BCUT2D eigenvalue weighted by atomic mass is 9.89. The van der Waals surface area contributed by atoms with Crippen LogP contribution in [-0.2, 0) is 6.42 Å². The number of anilines is 3. The fourth-order valence-electron chi connectivity index (χ4n) is 3.35. The maximum atomic E-state index is 5.97. The summed E-state index contributed by atoms with van der Waals surface area (Å²) in [7, 11) is 0. The van der Waals surface area contributed by atoms with Crippen molar-refractivity contribution in [2.24, 2.45) is 10.8 Å². The zero-order chi connectivity index (χ0) is 22.5. The Balaban J connectivity index is 1.84. The molecule has 0 spiro atoms. The van der Waals surface area contributed by atoms with Crippen molar-refractivity contribution < 1.29 is 4.74 Å². The summed E-state index contributed by atoms with van der Waals surface area (Å²) in [4.78, 5) is 2.29. The summed E-state index contributed by atoms with van der Waals surface area (Å²) in [6, 6.07) is 27.9. The number of hydrogen-bond acceptors (Lipinski definition) is 2. The van der Waals surface area contributed by atoms with Crippen LogP contribution in [0.5, 0.6) is 5.75 Å². The van der Waals surface area contributed by atoms with Crippen molar-refractivity contribution in [2.45, 2.75) is 54.4 Å². The summed E-state index contributed by atoms with van der Waals surface area (Å²) in [6.07, 6.45) is 2.29. The summed E-state index contributed by atoms with van der Waals surface area (Å²) in [5.41, 5.74) is 5.31. The van der Waals surface area contributed by atoms with Crippen LogP contribution in [0.15, 0.2) is 78.9 Å². The predicted molar refractivity (Wildman–Crippen MR) is 134 cm³/mol. The highest BCUT2D eigenvalue weighted by molar-refractivity contribution is 5.76. The average molecular weight is 416 g/mol. The Morgan fingerprint density at radius 1 is 0.613 bits per heavy atom. The van der Waals surface area contributed by atoms with Crippen LogP contribution in [0.25, 0.3) is 0 Å². The van der Waals surface area contributed by atoms with Crippen LogP contribution in [0, 0.1) is 10.8 Å². The molecule has 3 aromatic rings. The second-order valence-corrected chi connectivity index (χ2v) is 10.7. The molecule has 0 bridgehead atoms. The second kappa shape index (κ2) is 9.60. The highest BCUT2D eigenvalue weighted by Crippen LogP contribution is 2.35. The third kappa shape index (κ3) is 7.17. The van der Waals surface area contributed by atoms with Gasteiger partial charge in [-0.25, -0.2) is 0 Å². The van der Waals surface area contributed by atoms with Gasteiger partial charge in [0.15, 0.2) is 0 Å². The molecule has 164 valence electrons. The Kier molecular flexibility index (Phi) is 7.10. The molecule has 0 amide bonds. The summed E-state index contributed by atoms with van der Waals surface area (Å²) < 4.78 is 5.97. The summed E-state index contributed by atoms with van der Waals surface area (Å²) >= 11 is 0. The van der Waals surface area contributed by atoms with Gasteiger partial charge in [-0.05, 0) is 77.8 Å². The Bertz CT molecular complexity index is 868. The van der Waals surface area contributed by atoms with E-state index in [0.717, 1.165) is 29.2 Å². The second-order valence-electron chi connectivity index (χ2n) is 10.7. The van der Waals surface area contributed by atoms with Gasteiger partial charge >= 0.3 is 0 Å². The third-order valence-corrected chi connectivity index (χ3v) is 5.14. The molecule has 0 aliphatic carbocycles. The molecular formula is C29H37NO. The molecule has 3 rings (SSSR count). The highest BCUT2D eigenvalue weighted by Gasteiger charge is 2.15. The third-order valence-electron chi connectivity index (χ3n) is 5.14. The monoisotopic (exact) mass is 415 g/mol. The van der Waals surface area contributed by atoms with Gasteiger partial charge in [0.05, 0.1) is 6.61 Å². The van der Waals surface area contributed by atoms with Gasteiger partial charge in [0.25, 0.3) is 0 Å². The van der Waals surface area contributed by atoms with E-state index in [1.54, 1.807) is 0 Å². The SMILES string of the molecule is CC(C)(C)CCc1ccc(N(c2ccccc2)c2ccc(OCC(C)(C)C)cc2)cc1. The Morgan fingerprint density at radius 2 is 1.13 bits per heavy atom. The van der Waals surface area contributed by atoms with Crippen LogP contribution in [-0.4, -0.2) is 6.61 Å². The topological polar surface area (TPSA) is 12.5 Å². The first-order valence-electron chi connectivity index (χ1n) is 11.3. The summed E-state index contributed by atoms with van der Waals surface area (Å²) in [5, 5.41) is 0. The van der Waals surface area contributed by atoms with E-state index in [0.29, 0.717) is 12.0 Å². The lowest BCUT2D eigenvalue weighted by Crippen LogP contribution is -2.16. The first-order chi connectivity index (χ1) is 14.6. The van der Waals surface area contributed by atoms with Crippen LogP contribution in [0.2, 0.25) is 0 Å². The van der Waals surface area contributed by atoms with Gasteiger partial charge in [-0.15, -0.1) is 0 Å². The molecule has 3 aromatic carbocycles. The lowest BCUT2D eigenvalue weighted by Gasteiger charge is -2.26. The number of rotatable bonds is 7. The first kappa shape index (κ1) is 22.9. The van der Waals surface area contributed by atoms with Crippen molar-refractivity contribution in [1.29, 1.82) is 0 Å². The number of hydrogen-bond donors (Lipinski definition) is 0. The van der Waals surface area contributed by atoms with E-state index in [9.17, 15) is 0 Å². The fraction of sp³-hybridized carbons (Fsp3) is 0.379. The zero-order valence-corrected chi connectivity index (χ0v) is 20.0. The molecule has 2 nitrogen and oxygen atoms in total. The van der Waals surface area contributed by atoms with Crippen LogP contribution < -0.4 is 9.64 Å². The van der Waals surface area contributed by atoms with Gasteiger partial charge in [-0.1, -0.05) is 71.9 Å². The Morgan fingerprint density at radius 3 is 1.65 bits per heavy atom. The number of para-hydroxylation sites is 1. The standard InChI is InChI=1S/C29H37NO/c1-28(2,3)21-20-23-12-14-25(15-13-23)30(24-10-8-7-9-11-24)26-16-18-27(19-17-26)31-22-29(4,5)6/h7-19H,20-22H2,1-6H3. The van der Waals surface area contributed by atoms with E-state index in [2.05, 4.69) is 125 Å². The van der Waals surface area contributed by atoms with Gasteiger partial charge in [-0.3, -0.25) is 0 Å². The highest BCUT2D eigenvalue weighted by atomic mass is 16.5. The van der Waals surface area contributed by atoms with E-state index in [1.807, 2.05) is 0 Å². The minimum Gasteiger partial charge on any atom is -0.493 e. The quantitative estimate of drug-likeness (QED) is 0.383. The maximum Gasteiger partial charge on any atom is 0.119 e. The molecule has 0 saturated carbocycles. The van der Waals surface area contributed by atoms with Gasteiger partial charge in [0, 0.05) is 17.1 Å². The number of ether oxygens (including phenoxy) is 1. The first-order valence-corrected chi connectivity index (χ1v) is 11.3. The minimum atomic E-state index is 0.142. The molecule has 0 radical (unpaired) electrons. The normalized spacial score (nSPS) is 11.9. The van der Waals surface area contributed by atoms with E-state index < -0.39 is 0 Å². The van der Waals surface area contributed by atoms with Crippen molar-refractivity contribution in [3.8, 4) is 5.75 Å². The van der Waals surface area contributed by atoms with E-state index >= 15 is 0 Å². The molecule has 0 N–H and O–H groups in total. The predicted octanol–water partition coefficient (Wildman–Crippen LogP) is 8.56. The van der Waals surface area contributed by atoms with Gasteiger partial charge < -0.3 is 9.64 Å². The maximum absolute atomic E-state index is 5.97. The molecule has 0 saturated heterocycles. The summed E-state index contributed by atoms with van der Waals surface area (Å²) in [5.74, 6) is 0.907. The minimum absolute atomic E-state index is 0.142. The molecule has 0 heterocycles. The smallest absolute Gasteiger partial charge is 0.119 e. The van der Waals surface area contributed by atoms with Crippen molar-refractivity contribution in [3.05, 3.63) is 84.4 Å². The molecule has 2 heteroatoms. The van der Waals surface area contributed by atoms with E-state index in [1.165, 1.54) is 12.0 Å². The molecule has 0 aliphatic rings. The van der Waals surface area contributed by atoms with Crippen molar-refractivity contribution >= 4 is 17.1 Å². The number of nitrogens with zero attached hydrogens (tertiary/aromatic N) is 1. The van der Waals surface area contributed by atoms with Crippen LogP contribution in [0.3, 0.4) is 0 Å². The van der Waals surface area contributed by atoms with Crippen molar-refractivity contribution in [3.63, 3.8) is 0 Å². The van der Waals surface area contributed by atoms with Crippen LogP contribution in [0.4, 0.5) is 17.1 Å². The molecule has 0 unspecified atom stereocenters. The van der Waals surface area contributed by atoms with E-state index in [4.69, 9.17) is 4.74 Å². The van der Waals surface area contributed by atoms with Gasteiger partial charge in [0.2, 0.25) is 0 Å². The van der Waals surface area contributed by atoms with Gasteiger partial charge in [0.1, 0.15) is 5.75 Å². The average Bonchev–Trinajstić information content (AvgIpc) is 2.72. The Labute approximate surface area is 188 Å². The molecule has 31 heavy (non-hydrogen) atoms. The van der Waals surface area contributed by atoms with E-state index in [-0.39, 0.29) is 5.41 Å².